The van der Waals surface area contributed by atoms with E-state index in [2.05, 4.69) is 10.0 Å². The Labute approximate surface area is 138 Å². The van der Waals surface area contributed by atoms with Crippen molar-refractivity contribution in [2.24, 2.45) is 0 Å². The van der Waals surface area contributed by atoms with E-state index in [0.717, 1.165) is 11.6 Å². The van der Waals surface area contributed by atoms with E-state index in [1.165, 1.54) is 18.2 Å². The summed E-state index contributed by atoms with van der Waals surface area (Å²) in [7, 11) is -4.08. The molecule has 1 aliphatic heterocycles. The molecule has 0 bridgehead atoms. The van der Waals surface area contributed by atoms with Gasteiger partial charge in [-0.05, 0) is 24.3 Å². The molecule has 0 saturated heterocycles. The number of nitrogens with zero attached hydrogens (tertiary/aromatic N) is 1. The van der Waals surface area contributed by atoms with E-state index in [1.807, 2.05) is 0 Å². The van der Waals surface area contributed by atoms with Gasteiger partial charge in [0.15, 0.2) is 4.90 Å². The molecule has 24 heavy (non-hydrogen) atoms. The van der Waals surface area contributed by atoms with Crippen LogP contribution < -0.4 is 14.8 Å². The molecular weight excluding hydrogens is 334 g/mol. The Morgan fingerprint density at radius 1 is 1.21 bits per heavy atom. The summed E-state index contributed by atoms with van der Waals surface area (Å²) in [6.45, 7) is 1.79. The van der Waals surface area contributed by atoms with Crippen molar-refractivity contribution in [3.8, 4) is 5.75 Å². The Morgan fingerprint density at radius 3 is 2.79 bits per heavy atom. The molecule has 0 aromatic heterocycles. The molecule has 1 aliphatic rings. The average molecular weight is 349 g/mol. The highest BCUT2D eigenvalue weighted by Gasteiger charge is 2.25. The van der Waals surface area contributed by atoms with Gasteiger partial charge >= 0.3 is 0 Å². The van der Waals surface area contributed by atoms with Gasteiger partial charge in [-0.3, -0.25) is 14.8 Å². The highest BCUT2D eigenvalue weighted by atomic mass is 32.2. The van der Waals surface area contributed by atoms with Crippen LogP contribution in [-0.4, -0.2) is 26.5 Å². The summed E-state index contributed by atoms with van der Waals surface area (Å²) in [5.41, 5.74) is 0.666. The maximum atomic E-state index is 12.5. The number of rotatable bonds is 4. The Morgan fingerprint density at radius 2 is 2.00 bits per heavy atom. The van der Waals surface area contributed by atoms with E-state index >= 15 is 0 Å². The van der Waals surface area contributed by atoms with Crippen molar-refractivity contribution in [2.75, 3.05) is 17.9 Å². The number of nitrogens with one attached hydrogen (secondary N) is 2. The van der Waals surface area contributed by atoms with Gasteiger partial charge in [0, 0.05) is 30.4 Å². The van der Waals surface area contributed by atoms with Crippen LogP contribution in [0.2, 0.25) is 0 Å². The summed E-state index contributed by atoms with van der Waals surface area (Å²) >= 11 is 0. The van der Waals surface area contributed by atoms with E-state index in [0.29, 0.717) is 31.1 Å². The molecule has 2 aromatic carbocycles. The fourth-order valence-corrected chi connectivity index (χ4v) is 3.65. The largest absolute Gasteiger partial charge is 0.492 e. The molecule has 0 atom stereocenters. The quantitative estimate of drug-likeness (QED) is 0.644. The minimum Gasteiger partial charge on any atom is -0.492 e. The number of benzene rings is 2. The van der Waals surface area contributed by atoms with E-state index in [1.54, 1.807) is 18.2 Å². The normalized spacial score (nSPS) is 14.2. The first-order valence-electron chi connectivity index (χ1n) is 7.20. The van der Waals surface area contributed by atoms with E-state index in [4.69, 9.17) is 4.74 Å². The highest BCUT2D eigenvalue weighted by Crippen LogP contribution is 2.28. The first kappa shape index (κ1) is 16.2. The molecule has 0 radical (unpaired) electrons. The van der Waals surface area contributed by atoms with Crippen molar-refractivity contribution in [1.29, 1.82) is 0 Å². The highest BCUT2D eigenvalue weighted by molar-refractivity contribution is 7.92. The summed E-state index contributed by atoms with van der Waals surface area (Å²) in [4.78, 5) is 9.94. The molecule has 0 unspecified atom stereocenters. The molecule has 8 nitrogen and oxygen atoms in total. The lowest BCUT2D eigenvalue weighted by atomic mass is 10.2. The van der Waals surface area contributed by atoms with Crippen LogP contribution in [-0.2, 0) is 16.6 Å². The van der Waals surface area contributed by atoms with Gasteiger partial charge in [0.2, 0.25) is 0 Å². The lowest BCUT2D eigenvalue weighted by molar-refractivity contribution is -0.387. The van der Waals surface area contributed by atoms with Gasteiger partial charge in [-0.1, -0.05) is 12.1 Å². The smallest absolute Gasteiger partial charge is 0.289 e. The van der Waals surface area contributed by atoms with E-state index < -0.39 is 20.6 Å². The van der Waals surface area contributed by atoms with Crippen LogP contribution in [0.5, 0.6) is 5.75 Å². The van der Waals surface area contributed by atoms with Crippen molar-refractivity contribution in [2.45, 2.75) is 11.4 Å². The van der Waals surface area contributed by atoms with E-state index in [9.17, 15) is 18.5 Å². The number of fused-ring (bicyclic) bond motifs is 1. The lowest BCUT2D eigenvalue weighted by Crippen LogP contribution is -2.16. The minimum absolute atomic E-state index is 0.319. The Kier molecular flexibility index (Phi) is 4.36. The van der Waals surface area contributed by atoms with Gasteiger partial charge in [-0.2, -0.15) is 0 Å². The Balaban J connectivity index is 1.93. The number of anilines is 1. The molecule has 2 aromatic rings. The molecule has 0 fully saturated rings. The van der Waals surface area contributed by atoms with Crippen molar-refractivity contribution >= 4 is 21.4 Å². The number of hydrogen-bond donors (Lipinski definition) is 2. The second-order valence-electron chi connectivity index (χ2n) is 5.18. The first-order chi connectivity index (χ1) is 11.5. The molecule has 126 valence electrons. The molecular formula is C15H15N3O5S. The number of sulfonamides is 1. The zero-order valence-electron chi connectivity index (χ0n) is 12.6. The summed E-state index contributed by atoms with van der Waals surface area (Å²) in [6, 6.07) is 10.1. The van der Waals surface area contributed by atoms with Crippen molar-refractivity contribution in [3.05, 3.63) is 58.1 Å². The van der Waals surface area contributed by atoms with E-state index in [-0.39, 0.29) is 4.90 Å². The standard InChI is InChI=1S/C15H15N3O5S/c19-18(20)13-3-1-2-4-15(13)24(21,22)17-12-5-6-14-11(9-12)10-16-7-8-23-14/h1-6,9,16-17H,7-8,10H2. The van der Waals surface area contributed by atoms with Crippen molar-refractivity contribution < 1.29 is 18.1 Å². The molecule has 3 rings (SSSR count). The van der Waals surface area contributed by atoms with Crippen LogP contribution in [0, 0.1) is 10.1 Å². The number of nitro benzene ring substituents is 1. The fraction of sp³-hybridized carbons (Fsp3) is 0.200. The number of para-hydroxylation sites is 1. The molecule has 1 heterocycles. The third-order valence-electron chi connectivity index (χ3n) is 3.52. The monoisotopic (exact) mass is 349 g/mol. The third kappa shape index (κ3) is 3.31. The van der Waals surface area contributed by atoms with Crippen LogP contribution in [0.25, 0.3) is 0 Å². The minimum atomic E-state index is -4.08. The van der Waals surface area contributed by atoms with Gasteiger partial charge in [-0.15, -0.1) is 0 Å². The van der Waals surface area contributed by atoms with Gasteiger partial charge in [-0.25, -0.2) is 8.42 Å². The fourth-order valence-electron chi connectivity index (χ4n) is 2.42. The maximum Gasteiger partial charge on any atom is 0.289 e. The molecule has 0 saturated carbocycles. The van der Waals surface area contributed by atoms with Gasteiger partial charge < -0.3 is 10.1 Å². The summed E-state index contributed by atoms with van der Waals surface area (Å²) in [6.07, 6.45) is 0. The second kappa shape index (κ2) is 6.46. The molecule has 0 aliphatic carbocycles. The van der Waals surface area contributed by atoms with Crippen LogP contribution in [0.4, 0.5) is 11.4 Å². The summed E-state index contributed by atoms with van der Waals surface area (Å²) in [5.74, 6) is 0.689. The van der Waals surface area contributed by atoms with Crippen molar-refractivity contribution in [1.82, 2.24) is 5.32 Å². The van der Waals surface area contributed by atoms with Crippen molar-refractivity contribution in [3.63, 3.8) is 0 Å². The van der Waals surface area contributed by atoms with Crippen LogP contribution in [0.3, 0.4) is 0 Å². The summed E-state index contributed by atoms with van der Waals surface area (Å²) in [5, 5.41) is 14.2. The molecule has 0 spiro atoms. The second-order valence-corrected chi connectivity index (χ2v) is 6.83. The van der Waals surface area contributed by atoms with Gasteiger partial charge in [0.25, 0.3) is 15.7 Å². The first-order valence-corrected chi connectivity index (χ1v) is 8.68. The number of hydrogen-bond acceptors (Lipinski definition) is 6. The molecule has 9 heteroatoms. The topological polar surface area (TPSA) is 111 Å². The molecule has 0 amide bonds. The molecule has 2 N–H and O–H groups in total. The van der Waals surface area contributed by atoms with Crippen LogP contribution in [0.15, 0.2) is 47.4 Å². The average Bonchev–Trinajstić information content (AvgIpc) is 2.79. The predicted octanol–water partition coefficient (Wildman–Crippen LogP) is 1.88. The predicted molar refractivity (Wildman–Crippen MR) is 87.5 cm³/mol. The zero-order valence-corrected chi connectivity index (χ0v) is 13.4. The maximum absolute atomic E-state index is 12.5. The van der Waals surface area contributed by atoms with Crippen LogP contribution in [0.1, 0.15) is 5.56 Å². The Hall–Kier alpha value is -2.65. The lowest BCUT2D eigenvalue weighted by Gasteiger charge is -2.11. The van der Waals surface area contributed by atoms with Gasteiger partial charge in [0.05, 0.1) is 4.92 Å². The zero-order chi connectivity index (χ0) is 17.2. The summed E-state index contributed by atoms with van der Waals surface area (Å²) < 4.78 is 32.9. The number of nitro groups is 1. The Bertz CT molecular complexity index is 882. The third-order valence-corrected chi connectivity index (χ3v) is 4.94. The van der Waals surface area contributed by atoms with Crippen LogP contribution >= 0.6 is 0 Å². The van der Waals surface area contributed by atoms with Gasteiger partial charge in [0.1, 0.15) is 12.4 Å². The SMILES string of the molecule is O=[N+]([O-])c1ccccc1S(=O)(=O)Nc1ccc2c(c1)CNCCO2. The number of ether oxygens (including phenoxy) is 1.